The van der Waals surface area contributed by atoms with Crippen LogP contribution in [-0.4, -0.2) is 45.6 Å². The quantitative estimate of drug-likeness (QED) is 0.180. The Morgan fingerprint density at radius 3 is 2.70 bits per heavy atom. The van der Waals surface area contributed by atoms with Crippen LogP contribution in [0, 0.1) is 5.92 Å². The largest absolute Gasteiger partial charge is 0.356 e. The van der Waals surface area contributed by atoms with Gasteiger partial charge in [0.2, 0.25) is 0 Å². The molecule has 2 rings (SSSR count). The second-order valence-corrected chi connectivity index (χ2v) is 7.16. The van der Waals surface area contributed by atoms with Crippen LogP contribution in [0.5, 0.6) is 0 Å². The number of hydrogen-bond acceptors (Lipinski definition) is 5. The minimum atomic E-state index is 0. The van der Waals surface area contributed by atoms with Crippen LogP contribution in [0.4, 0.5) is 0 Å². The summed E-state index contributed by atoms with van der Waals surface area (Å²) in [6.45, 7) is 6.87. The Hall–Kier alpha value is -1.36. The first-order chi connectivity index (χ1) is 12.6. The highest BCUT2D eigenvalue weighted by atomic mass is 127. The third-order valence-electron chi connectivity index (χ3n) is 3.78. The molecule has 7 nitrogen and oxygen atoms in total. The molecular formula is C18H30IN7S. The molecule has 9 heteroatoms. The molecule has 150 valence electrons. The molecule has 0 spiro atoms. The highest BCUT2D eigenvalue weighted by molar-refractivity contribution is 14.0. The first kappa shape index (κ1) is 23.7. The lowest BCUT2D eigenvalue weighted by atomic mass is 10.2. The summed E-state index contributed by atoms with van der Waals surface area (Å²) >= 11 is 1.65. The predicted octanol–water partition coefficient (Wildman–Crippen LogP) is 2.97. The van der Waals surface area contributed by atoms with Crippen molar-refractivity contribution in [1.29, 1.82) is 0 Å². The molecule has 0 aliphatic carbocycles. The van der Waals surface area contributed by atoms with Gasteiger partial charge in [0.05, 0.1) is 12.2 Å². The number of nitrogens with one attached hydrogen (secondary N) is 2. The fraction of sp³-hybridized carbons (Fsp3) is 0.556. The van der Waals surface area contributed by atoms with Crippen molar-refractivity contribution in [2.75, 3.05) is 19.8 Å². The molecule has 2 aromatic rings. The third kappa shape index (κ3) is 8.04. The number of guanidine groups is 1. The highest BCUT2D eigenvalue weighted by Gasteiger charge is 2.12. The van der Waals surface area contributed by atoms with Crippen LogP contribution in [0.3, 0.4) is 0 Å². The van der Waals surface area contributed by atoms with Gasteiger partial charge in [-0.3, -0.25) is 9.98 Å². The van der Waals surface area contributed by atoms with Gasteiger partial charge in [-0.05, 0) is 30.7 Å². The Balaban J connectivity index is 0.00000364. The molecule has 0 atom stereocenters. The van der Waals surface area contributed by atoms with Crippen LogP contribution in [0.25, 0.3) is 0 Å². The summed E-state index contributed by atoms with van der Waals surface area (Å²) in [7, 11) is 1.78. The minimum absolute atomic E-state index is 0. The molecule has 2 heterocycles. The third-order valence-corrected chi connectivity index (χ3v) is 4.45. The summed E-state index contributed by atoms with van der Waals surface area (Å²) in [6, 6.07) is 5.89. The van der Waals surface area contributed by atoms with Crippen molar-refractivity contribution in [2.24, 2.45) is 10.9 Å². The smallest absolute Gasteiger partial charge is 0.191 e. The van der Waals surface area contributed by atoms with E-state index >= 15 is 0 Å². The van der Waals surface area contributed by atoms with E-state index in [1.54, 1.807) is 25.0 Å². The first-order valence-electron chi connectivity index (χ1n) is 8.94. The van der Waals surface area contributed by atoms with Crippen LogP contribution in [0.15, 0.2) is 34.5 Å². The van der Waals surface area contributed by atoms with Crippen LogP contribution in [0.1, 0.15) is 31.8 Å². The molecule has 2 N–H and O–H groups in total. The SMILES string of the molecule is CN=C(NCCCc1nnc(SC)n1CC(C)C)NCc1ccccn1.I. The molecule has 0 aromatic carbocycles. The number of aryl methyl sites for hydroxylation is 1. The molecule has 0 amide bonds. The number of halogens is 1. The Morgan fingerprint density at radius 2 is 2.07 bits per heavy atom. The van der Waals surface area contributed by atoms with Crippen molar-refractivity contribution >= 4 is 41.7 Å². The Bertz CT molecular complexity index is 688. The zero-order valence-corrected chi connectivity index (χ0v) is 19.6. The number of aliphatic imine (C=N–C) groups is 1. The minimum Gasteiger partial charge on any atom is -0.356 e. The van der Waals surface area contributed by atoms with E-state index in [9.17, 15) is 0 Å². The second kappa shape index (κ2) is 12.9. The molecule has 0 saturated carbocycles. The lowest BCUT2D eigenvalue weighted by Crippen LogP contribution is -2.37. The summed E-state index contributed by atoms with van der Waals surface area (Å²) in [5, 5.41) is 16.3. The molecule has 2 aromatic heterocycles. The average Bonchev–Trinajstić information content (AvgIpc) is 3.03. The number of pyridine rings is 1. The summed E-state index contributed by atoms with van der Waals surface area (Å²) in [5.74, 6) is 2.41. The topological polar surface area (TPSA) is 80.0 Å². The van der Waals surface area contributed by atoms with E-state index in [0.717, 1.165) is 48.6 Å². The number of rotatable bonds is 9. The molecule has 0 radical (unpaired) electrons. The molecule has 27 heavy (non-hydrogen) atoms. The molecular weight excluding hydrogens is 473 g/mol. The maximum atomic E-state index is 4.36. The van der Waals surface area contributed by atoms with Crippen molar-refractivity contribution in [3.63, 3.8) is 0 Å². The fourth-order valence-corrected chi connectivity index (χ4v) is 3.08. The molecule has 0 saturated heterocycles. The fourth-order valence-electron chi connectivity index (χ4n) is 2.55. The normalized spacial score (nSPS) is 11.4. The van der Waals surface area contributed by atoms with Crippen LogP contribution >= 0.6 is 35.7 Å². The van der Waals surface area contributed by atoms with Crippen molar-refractivity contribution < 1.29 is 0 Å². The van der Waals surface area contributed by atoms with E-state index in [2.05, 4.69) is 49.2 Å². The maximum absolute atomic E-state index is 4.36. The Kier molecular flexibility index (Phi) is 11.3. The molecule has 0 aliphatic rings. The van der Waals surface area contributed by atoms with E-state index in [4.69, 9.17) is 0 Å². The zero-order valence-electron chi connectivity index (χ0n) is 16.5. The van der Waals surface area contributed by atoms with Gasteiger partial charge in [-0.25, -0.2) is 0 Å². The molecule has 0 fully saturated rings. The predicted molar refractivity (Wildman–Crippen MR) is 123 cm³/mol. The summed E-state index contributed by atoms with van der Waals surface area (Å²) in [4.78, 5) is 8.55. The summed E-state index contributed by atoms with van der Waals surface area (Å²) in [6.07, 6.45) is 5.70. The second-order valence-electron chi connectivity index (χ2n) is 6.38. The van der Waals surface area contributed by atoms with Gasteiger partial charge in [-0.1, -0.05) is 31.7 Å². The number of nitrogens with zero attached hydrogens (tertiary/aromatic N) is 5. The van der Waals surface area contributed by atoms with E-state index in [0.29, 0.717) is 12.5 Å². The van der Waals surface area contributed by atoms with Gasteiger partial charge >= 0.3 is 0 Å². The monoisotopic (exact) mass is 503 g/mol. The molecule has 0 aliphatic heterocycles. The van der Waals surface area contributed by atoms with Crippen molar-refractivity contribution in [3.05, 3.63) is 35.9 Å². The lowest BCUT2D eigenvalue weighted by Gasteiger charge is -2.13. The van der Waals surface area contributed by atoms with Gasteiger partial charge in [-0.15, -0.1) is 34.2 Å². The van der Waals surface area contributed by atoms with Crippen molar-refractivity contribution in [3.8, 4) is 0 Å². The van der Waals surface area contributed by atoms with E-state index < -0.39 is 0 Å². The van der Waals surface area contributed by atoms with E-state index in [1.165, 1.54) is 0 Å². The van der Waals surface area contributed by atoms with Gasteiger partial charge in [0.15, 0.2) is 11.1 Å². The van der Waals surface area contributed by atoms with Gasteiger partial charge in [0.1, 0.15) is 5.82 Å². The molecule has 0 unspecified atom stereocenters. The van der Waals surface area contributed by atoms with Crippen LogP contribution in [0.2, 0.25) is 0 Å². The lowest BCUT2D eigenvalue weighted by molar-refractivity contribution is 0.477. The summed E-state index contributed by atoms with van der Waals surface area (Å²) in [5.41, 5.74) is 0.988. The summed E-state index contributed by atoms with van der Waals surface area (Å²) < 4.78 is 2.24. The van der Waals surface area contributed by atoms with Gasteiger partial charge in [0, 0.05) is 32.8 Å². The number of aromatic nitrogens is 4. The maximum Gasteiger partial charge on any atom is 0.191 e. The van der Waals surface area contributed by atoms with Gasteiger partial charge in [0.25, 0.3) is 0 Å². The zero-order chi connectivity index (χ0) is 18.8. The highest BCUT2D eigenvalue weighted by Crippen LogP contribution is 2.16. The van der Waals surface area contributed by atoms with Crippen molar-refractivity contribution in [2.45, 2.75) is 44.9 Å². The first-order valence-corrected chi connectivity index (χ1v) is 10.2. The van der Waals surface area contributed by atoms with E-state index in [-0.39, 0.29) is 24.0 Å². The number of thioether (sulfide) groups is 1. The van der Waals surface area contributed by atoms with Crippen LogP contribution < -0.4 is 10.6 Å². The standard InChI is InChI=1S/C18H29N7S.HI/c1-14(2)13-25-16(23-24-18(25)26-4)9-7-11-21-17(19-3)22-12-15-8-5-6-10-20-15;/h5-6,8,10,14H,7,9,11-13H2,1-4H3,(H2,19,21,22);1H. The van der Waals surface area contributed by atoms with E-state index in [1.807, 2.05) is 24.5 Å². The number of hydrogen-bond donors (Lipinski definition) is 2. The molecule has 0 bridgehead atoms. The van der Waals surface area contributed by atoms with Crippen LogP contribution in [-0.2, 0) is 19.5 Å². The van der Waals surface area contributed by atoms with Gasteiger partial charge in [-0.2, -0.15) is 0 Å². The van der Waals surface area contributed by atoms with Gasteiger partial charge < -0.3 is 15.2 Å². The average molecular weight is 503 g/mol. The Labute approximate surface area is 183 Å². The Morgan fingerprint density at radius 1 is 1.26 bits per heavy atom. The van der Waals surface area contributed by atoms with Crippen molar-refractivity contribution in [1.82, 2.24) is 30.4 Å².